The maximum atomic E-state index is 10.9. The van der Waals surface area contributed by atoms with Crippen molar-refractivity contribution in [3.8, 4) is 0 Å². The van der Waals surface area contributed by atoms with E-state index in [2.05, 4.69) is 11.3 Å². The third kappa shape index (κ3) is 1.97. The number of hydrogen-bond acceptors (Lipinski definition) is 3. The highest BCUT2D eigenvalue weighted by atomic mass is 16.6. The second-order valence-corrected chi connectivity index (χ2v) is 1.87. The van der Waals surface area contributed by atoms with Crippen molar-refractivity contribution in [3.63, 3.8) is 0 Å². The van der Waals surface area contributed by atoms with E-state index in [1.165, 1.54) is 6.26 Å². The molecule has 0 aromatic heterocycles. The van der Waals surface area contributed by atoms with E-state index in [0.29, 0.717) is 0 Å². The highest BCUT2D eigenvalue weighted by molar-refractivity contribution is 5.77. The topological polar surface area (TPSA) is 35.5 Å². The SMILES string of the molecule is C=COC(=O)C1C=CC=CO1. The van der Waals surface area contributed by atoms with E-state index < -0.39 is 12.1 Å². The van der Waals surface area contributed by atoms with Crippen molar-refractivity contribution in [3.05, 3.63) is 37.3 Å². The summed E-state index contributed by atoms with van der Waals surface area (Å²) < 4.78 is 9.40. The minimum Gasteiger partial charge on any atom is -0.482 e. The molecule has 1 aliphatic rings. The molecule has 0 spiro atoms. The molecule has 0 saturated carbocycles. The molecule has 0 fully saturated rings. The molecular weight excluding hydrogens is 144 g/mol. The Hall–Kier alpha value is -1.51. The molecule has 0 bridgehead atoms. The normalized spacial score (nSPS) is 20.5. The van der Waals surface area contributed by atoms with Crippen LogP contribution in [0.25, 0.3) is 0 Å². The summed E-state index contributed by atoms with van der Waals surface area (Å²) in [4.78, 5) is 10.9. The molecular formula is C8H8O3. The predicted octanol–water partition coefficient (Wildman–Crippen LogP) is 1.14. The summed E-state index contributed by atoms with van der Waals surface area (Å²) in [7, 11) is 0. The highest BCUT2D eigenvalue weighted by Crippen LogP contribution is 2.03. The molecule has 0 aliphatic carbocycles. The summed E-state index contributed by atoms with van der Waals surface area (Å²) in [5.74, 6) is -0.458. The minimum atomic E-state index is -0.627. The average Bonchev–Trinajstić information content (AvgIpc) is 2.07. The molecule has 0 aromatic rings. The lowest BCUT2D eigenvalue weighted by molar-refractivity contribution is -0.145. The Bertz CT molecular complexity index is 215. The number of carbonyl (C=O) groups excluding carboxylic acids is 1. The molecule has 0 N–H and O–H groups in total. The second-order valence-electron chi connectivity index (χ2n) is 1.87. The fourth-order valence-corrected chi connectivity index (χ4v) is 0.669. The van der Waals surface area contributed by atoms with E-state index in [0.717, 1.165) is 6.26 Å². The summed E-state index contributed by atoms with van der Waals surface area (Å²) in [6.45, 7) is 3.25. The van der Waals surface area contributed by atoms with Crippen LogP contribution >= 0.6 is 0 Å². The third-order valence-corrected chi connectivity index (χ3v) is 1.13. The van der Waals surface area contributed by atoms with Gasteiger partial charge in [-0.15, -0.1) is 0 Å². The first-order valence-corrected chi connectivity index (χ1v) is 3.15. The molecule has 3 heteroatoms. The van der Waals surface area contributed by atoms with Gasteiger partial charge in [0.25, 0.3) is 0 Å². The molecule has 3 nitrogen and oxygen atoms in total. The molecule has 0 aromatic carbocycles. The van der Waals surface area contributed by atoms with Crippen LogP contribution < -0.4 is 0 Å². The first kappa shape index (κ1) is 7.60. The maximum absolute atomic E-state index is 10.9. The van der Waals surface area contributed by atoms with E-state index in [4.69, 9.17) is 4.74 Å². The van der Waals surface area contributed by atoms with Crippen LogP contribution in [0.3, 0.4) is 0 Å². The van der Waals surface area contributed by atoms with Gasteiger partial charge in [-0.1, -0.05) is 12.7 Å². The van der Waals surface area contributed by atoms with Crippen LogP contribution in [0.5, 0.6) is 0 Å². The second kappa shape index (κ2) is 3.61. The lowest BCUT2D eigenvalue weighted by Gasteiger charge is -2.11. The van der Waals surface area contributed by atoms with Crippen molar-refractivity contribution >= 4 is 5.97 Å². The van der Waals surface area contributed by atoms with Crippen molar-refractivity contribution in [2.75, 3.05) is 0 Å². The summed E-state index contributed by atoms with van der Waals surface area (Å²) in [5.41, 5.74) is 0. The van der Waals surface area contributed by atoms with Gasteiger partial charge in [0.2, 0.25) is 6.10 Å². The van der Waals surface area contributed by atoms with Gasteiger partial charge in [0.15, 0.2) is 0 Å². The Morgan fingerprint density at radius 3 is 3.00 bits per heavy atom. The summed E-state index contributed by atoms with van der Waals surface area (Å²) in [6.07, 6.45) is 6.91. The van der Waals surface area contributed by atoms with Crippen molar-refractivity contribution in [2.24, 2.45) is 0 Å². The van der Waals surface area contributed by atoms with Crippen LogP contribution in [-0.4, -0.2) is 12.1 Å². The van der Waals surface area contributed by atoms with Crippen molar-refractivity contribution in [2.45, 2.75) is 6.10 Å². The standard InChI is InChI=1S/C8H8O3/c1-2-10-8(9)7-5-3-4-6-11-7/h2-7H,1H2. The van der Waals surface area contributed by atoms with E-state index >= 15 is 0 Å². The quantitative estimate of drug-likeness (QED) is 0.439. The van der Waals surface area contributed by atoms with Gasteiger partial charge in [0.05, 0.1) is 12.5 Å². The van der Waals surface area contributed by atoms with E-state index in [-0.39, 0.29) is 0 Å². The summed E-state index contributed by atoms with van der Waals surface area (Å²) in [5, 5.41) is 0. The first-order chi connectivity index (χ1) is 5.34. The monoisotopic (exact) mass is 152 g/mol. The van der Waals surface area contributed by atoms with E-state index in [1.807, 2.05) is 0 Å². The average molecular weight is 152 g/mol. The molecule has 0 amide bonds. The molecule has 58 valence electrons. The van der Waals surface area contributed by atoms with Crippen LogP contribution in [0, 0.1) is 0 Å². The molecule has 0 saturated heterocycles. The highest BCUT2D eigenvalue weighted by Gasteiger charge is 2.16. The zero-order valence-electron chi connectivity index (χ0n) is 5.90. The number of carbonyl (C=O) groups is 1. The smallest absolute Gasteiger partial charge is 0.356 e. The van der Waals surface area contributed by atoms with Gasteiger partial charge in [0, 0.05) is 0 Å². The molecule has 1 rings (SSSR count). The van der Waals surface area contributed by atoms with E-state index in [9.17, 15) is 4.79 Å². The Morgan fingerprint density at radius 2 is 2.45 bits per heavy atom. The Kier molecular flexibility index (Phi) is 2.49. The first-order valence-electron chi connectivity index (χ1n) is 3.15. The number of ether oxygens (including phenoxy) is 2. The zero-order chi connectivity index (χ0) is 8.10. The molecule has 0 radical (unpaired) electrons. The predicted molar refractivity (Wildman–Crippen MR) is 39.4 cm³/mol. The third-order valence-electron chi connectivity index (χ3n) is 1.13. The van der Waals surface area contributed by atoms with Gasteiger partial charge in [0.1, 0.15) is 0 Å². The molecule has 1 aliphatic heterocycles. The van der Waals surface area contributed by atoms with Gasteiger partial charge >= 0.3 is 5.97 Å². The minimum absolute atomic E-state index is 0.458. The van der Waals surface area contributed by atoms with Crippen molar-refractivity contribution in [1.82, 2.24) is 0 Å². The fraction of sp³-hybridized carbons (Fsp3) is 0.125. The van der Waals surface area contributed by atoms with Gasteiger partial charge in [-0.3, -0.25) is 0 Å². The zero-order valence-corrected chi connectivity index (χ0v) is 5.90. The molecule has 1 atom stereocenters. The van der Waals surface area contributed by atoms with Crippen LogP contribution in [-0.2, 0) is 14.3 Å². The van der Waals surface area contributed by atoms with Crippen LogP contribution in [0.1, 0.15) is 0 Å². The Balaban J connectivity index is 2.48. The summed E-state index contributed by atoms with van der Waals surface area (Å²) in [6, 6.07) is 0. The number of hydrogen-bond donors (Lipinski definition) is 0. The molecule has 1 unspecified atom stereocenters. The number of esters is 1. The lowest BCUT2D eigenvalue weighted by atomic mass is 10.3. The van der Waals surface area contributed by atoms with Crippen LogP contribution in [0.4, 0.5) is 0 Å². The van der Waals surface area contributed by atoms with Gasteiger partial charge in [-0.05, 0) is 12.2 Å². The largest absolute Gasteiger partial charge is 0.482 e. The van der Waals surface area contributed by atoms with E-state index in [1.54, 1.807) is 18.2 Å². The van der Waals surface area contributed by atoms with Crippen molar-refractivity contribution in [1.29, 1.82) is 0 Å². The summed E-state index contributed by atoms with van der Waals surface area (Å²) >= 11 is 0. The Morgan fingerprint density at radius 1 is 1.64 bits per heavy atom. The van der Waals surface area contributed by atoms with Gasteiger partial charge < -0.3 is 9.47 Å². The van der Waals surface area contributed by atoms with Crippen LogP contribution in [0.15, 0.2) is 37.3 Å². The van der Waals surface area contributed by atoms with Gasteiger partial charge in [-0.25, -0.2) is 4.79 Å². The lowest BCUT2D eigenvalue weighted by Crippen LogP contribution is -2.21. The molecule has 11 heavy (non-hydrogen) atoms. The molecule has 1 heterocycles. The number of rotatable bonds is 2. The fourth-order valence-electron chi connectivity index (χ4n) is 0.669. The van der Waals surface area contributed by atoms with Crippen LogP contribution in [0.2, 0.25) is 0 Å². The Labute approximate surface area is 64.6 Å². The van der Waals surface area contributed by atoms with Crippen molar-refractivity contribution < 1.29 is 14.3 Å². The van der Waals surface area contributed by atoms with Gasteiger partial charge in [-0.2, -0.15) is 0 Å². The number of allylic oxidation sites excluding steroid dienone is 2. The maximum Gasteiger partial charge on any atom is 0.356 e.